The second-order valence-electron chi connectivity index (χ2n) is 1.90. The summed E-state index contributed by atoms with van der Waals surface area (Å²) in [5, 5.41) is 16.7. The Bertz CT molecular complexity index is 195. The molecule has 0 aromatic heterocycles. The number of halogens is 1. The normalized spacial score (nSPS) is 8.58. The lowest BCUT2D eigenvalue weighted by atomic mass is 10.3. The van der Waals surface area contributed by atoms with E-state index in [0.29, 0.717) is 5.75 Å². The van der Waals surface area contributed by atoms with Crippen LogP contribution in [0.2, 0.25) is 0 Å². The maximum absolute atomic E-state index is 8.87. The molecule has 0 aliphatic rings. The topological polar surface area (TPSA) is 40.5 Å². The van der Waals surface area contributed by atoms with Crippen molar-refractivity contribution in [1.29, 1.82) is 0 Å². The van der Waals surface area contributed by atoms with E-state index in [1.165, 1.54) is 0 Å². The Morgan fingerprint density at radius 2 is 1.83 bits per heavy atom. The fourth-order valence-electron chi connectivity index (χ4n) is 0.452. The molecule has 0 fully saturated rings. The molecule has 0 aliphatic carbocycles. The summed E-state index contributed by atoms with van der Waals surface area (Å²) >= 11 is 6.82. The summed E-state index contributed by atoms with van der Waals surface area (Å²) in [6, 6.07) is 7.04. The maximum Gasteiger partial charge on any atom is 0.129 e. The van der Waals surface area contributed by atoms with Crippen molar-refractivity contribution in [3.63, 3.8) is 0 Å². The van der Waals surface area contributed by atoms with Crippen molar-refractivity contribution >= 4 is 28.6 Å². The van der Waals surface area contributed by atoms with Gasteiger partial charge < -0.3 is 10.2 Å². The molecule has 0 aliphatic heterocycles. The minimum Gasteiger partial charge on any atom is -0.507 e. The highest BCUT2D eigenvalue weighted by Gasteiger charge is 1.89. The van der Waals surface area contributed by atoms with Gasteiger partial charge in [-0.15, -0.1) is 0 Å². The molecular formula is C8H11BrO2S. The summed E-state index contributed by atoms with van der Waals surface area (Å²) in [5.74, 6) is 0.854. The van der Waals surface area contributed by atoms with Crippen LogP contribution in [0.15, 0.2) is 28.7 Å². The van der Waals surface area contributed by atoms with E-state index < -0.39 is 0 Å². The van der Waals surface area contributed by atoms with E-state index in [0.717, 1.165) is 4.47 Å². The first-order valence-corrected chi connectivity index (χ1v) is 4.80. The van der Waals surface area contributed by atoms with Crippen LogP contribution in [-0.4, -0.2) is 22.6 Å². The Kier molecular flexibility index (Phi) is 7.34. The van der Waals surface area contributed by atoms with E-state index in [1.807, 2.05) is 6.07 Å². The highest BCUT2D eigenvalue weighted by Crippen LogP contribution is 2.21. The molecule has 0 amide bonds. The molecule has 1 aromatic carbocycles. The van der Waals surface area contributed by atoms with Gasteiger partial charge in [-0.1, -0.05) is 12.1 Å². The number of rotatable bonds is 1. The quantitative estimate of drug-likeness (QED) is 0.669. The molecule has 4 heteroatoms. The largest absolute Gasteiger partial charge is 0.507 e. The first-order valence-electron chi connectivity index (χ1n) is 3.37. The molecule has 1 aromatic rings. The Morgan fingerprint density at radius 1 is 1.33 bits per heavy atom. The molecule has 0 saturated carbocycles. The van der Waals surface area contributed by atoms with Gasteiger partial charge in [0.05, 0.1) is 11.1 Å². The van der Waals surface area contributed by atoms with Crippen LogP contribution in [0.5, 0.6) is 5.75 Å². The second-order valence-corrected chi connectivity index (χ2v) is 3.20. The molecule has 0 atom stereocenters. The average Bonchev–Trinajstić information content (AvgIpc) is 2.11. The maximum atomic E-state index is 8.87. The molecule has 68 valence electrons. The number of phenols is 1. The van der Waals surface area contributed by atoms with E-state index in [1.54, 1.807) is 18.2 Å². The third kappa shape index (κ3) is 5.46. The zero-order valence-corrected chi connectivity index (χ0v) is 8.92. The van der Waals surface area contributed by atoms with Gasteiger partial charge in [-0.3, -0.25) is 0 Å². The number of hydrogen-bond acceptors (Lipinski definition) is 3. The zero-order chi connectivity index (χ0) is 9.40. The number of aliphatic hydroxyl groups is 1. The standard InChI is InChI=1S/C6H5BrO.C2H6OS/c7-5-3-1-2-4-6(5)8;3-1-2-4/h1-4,8H;3-4H,1-2H2. The Hall–Kier alpha value is -0.190. The Morgan fingerprint density at radius 3 is 2.08 bits per heavy atom. The summed E-state index contributed by atoms with van der Waals surface area (Å²) in [5.41, 5.74) is 0. The molecule has 12 heavy (non-hydrogen) atoms. The van der Waals surface area contributed by atoms with Gasteiger partial charge in [-0.05, 0) is 28.1 Å². The van der Waals surface area contributed by atoms with Gasteiger partial charge in [-0.25, -0.2) is 0 Å². The van der Waals surface area contributed by atoms with Crippen LogP contribution < -0.4 is 0 Å². The van der Waals surface area contributed by atoms with Gasteiger partial charge in [0.15, 0.2) is 0 Å². The van der Waals surface area contributed by atoms with Crippen molar-refractivity contribution in [2.45, 2.75) is 0 Å². The summed E-state index contributed by atoms with van der Waals surface area (Å²) in [6.45, 7) is 0.184. The molecule has 0 heterocycles. The zero-order valence-electron chi connectivity index (χ0n) is 6.44. The predicted molar refractivity (Wildman–Crippen MR) is 56.7 cm³/mol. The van der Waals surface area contributed by atoms with Gasteiger partial charge in [0, 0.05) is 5.75 Å². The van der Waals surface area contributed by atoms with Gasteiger partial charge in [0.2, 0.25) is 0 Å². The first-order chi connectivity index (χ1) is 5.72. The first kappa shape index (κ1) is 11.8. The number of aromatic hydroxyl groups is 1. The van der Waals surface area contributed by atoms with E-state index in [-0.39, 0.29) is 12.4 Å². The summed E-state index contributed by atoms with van der Waals surface area (Å²) in [7, 11) is 0. The number of para-hydroxylation sites is 1. The summed E-state index contributed by atoms with van der Waals surface area (Å²) in [4.78, 5) is 0. The van der Waals surface area contributed by atoms with Gasteiger partial charge >= 0.3 is 0 Å². The minimum absolute atomic E-state index is 0.184. The molecule has 0 spiro atoms. The molecule has 2 N–H and O–H groups in total. The Balaban J connectivity index is 0.000000261. The fraction of sp³-hybridized carbons (Fsp3) is 0.250. The van der Waals surface area contributed by atoms with Crippen LogP contribution in [0.3, 0.4) is 0 Å². The van der Waals surface area contributed by atoms with E-state index >= 15 is 0 Å². The molecule has 1 rings (SSSR count). The molecule has 0 radical (unpaired) electrons. The monoisotopic (exact) mass is 250 g/mol. The average molecular weight is 251 g/mol. The van der Waals surface area contributed by atoms with Crippen LogP contribution >= 0.6 is 28.6 Å². The van der Waals surface area contributed by atoms with Crippen LogP contribution in [-0.2, 0) is 0 Å². The summed E-state index contributed by atoms with van der Waals surface area (Å²) in [6.07, 6.45) is 0. The van der Waals surface area contributed by atoms with Crippen molar-refractivity contribution in [2.75, 3.05) is 12.4 Å². The smallest absolute Gasteiger partial charge is 0.129 e. The molecule has 0 saturated heterocycles. The fourth-order valence-corrected chi connectivity index (χ4v) is 0.737. The molecule has 0 bridgehead atoms. The molecular weight excluding hydrogens is 240 g/mol. The van der Waals surface area contributed by atoms with Gasteiger partial charge in [0.1, 0.15) is 5.75 Å². The van der Waals surface area contributed by atoms with Gasteiger partial charge in [-0.2, -0.15) is 12.6 Å². The van der Waals surface area contributed by atoms with E-state index in [4.69, 9.17) is 10.2 Å². The number of phenolic OH excluding ortho intramolecular Hbond substituents is 1. The minimum atomic E-state index is 0.184. The van der Waals surface area contributed by atoms with Crippen LogP contribution in [0.1, 0.15) is 0 Å². The third-order valence-corrected chi connectivity index (χ3v) is 1.82. The lowest BCUT2D eigenvalue weighted by Gasteiger charge is -1.90. The van der Waals surface area contributed by atoms with Crippen LogP contribution in [0.25, 0.3) is 0 Å². The highest BCUT2D eigenvalue weighted by molar-refractivity contribution is 9.10. The number of hydrogen-bond donors (Lipinski definition) is 3. The van der Waals surface area contributed by atoms with Crippen molar-refractivity contribution < 1.29 is 10.2 Å². The number of thiol groups is 1. The molecule has 0 unspecified atom stereocenters. The van der Waals surface area contributed by atoms with Crippen molar-refractivity contribution in [1.82, 2.24) is 0 Å². The van der Waals surface area contributed by atoms with Crippen LogP contribution in [0.4, 0.5) is 0 Å². The van der Waals surface area contributed by atoms with Crippen LogP contribution in [0, 0.1) is 0 Å². The predicted octanol–water partition coefficient (Wildman–Crippen LogP) is 2.06. The highest BCUT2D eigenvalue weighted by atomic mass is 79.9. The van der Waals surface area contributed by atoms with E-state index in [2.05, 4.69) is 28.6 Å². The molecule has 2 nitrogen and oxygen atoms in total. The van der Waals surface area contributed by atoms with Crippen molar-refractivity contribution in [2.24, 2.45) is 0 Å². The van der Waals surface area contributed by atoms with Crippen molar-refractivity contribution in [3.8, 4) is 5.75 Å². The van der Waals surface area contributed by atoms with Gasteiger partial charge in [0.25, 0.3) is 0 Å². The lowest BCUT2D eigenvalue weighted by molar-refractivity contribution is 0.323. The summed E-state index contributed by atoms with van der Waals surface area (Å²) < 4.78 is 0.736. The second kappa shape index (κ2) is 7.46. The lowest BCUT2D eigenvalue weighted by Crippen LogP contribution is -1.76. The van der Waals surface area contributed by atoms with Crippen molar-refractivity contribution in [3.05, 3.63) is 28.7 Å². The Labute approximate surface area is 85.8 Å². The number of aliphatic hydroxyl groups excluding tert-OH is 1. The number of benzene rings is 1. The third-order valence-electron chi connectivity index (χ3n) is 0.952. The van der Waals surface area contributed by atoms with E-state index in [9.17, 15) is 0 Å². The SMILES string of the molecule is OCCS.Oc1ccccc1Br.